The normalized spacial score (nSPS) is 13.9. The number of nitriles is 1. The van der Waals surface area contributed by atoms with Crippen molar-refractivity contribution >= 4 is 27.1 Å². The van der Waals surface area contributed by atoms with E-state index in [2.05, 4.69) is 11.4 Å². The fourth-order valence-electron chi connectivity index (χ4n) is 2.91. The lowest BCUT2D eigenvalue weighted by Crippen LogP contribution is -2.22. The van der Waals surface area contributed by atoms with E-state index in [0.29, 0.717) is 5.56 Å². The summed E-state index contributed by atoms with van der Waals surface area (Å²) in [5, 5.41) is 17.8. The number of hydrogen-bond donors (Lipinski definition) is 2. The highest BCUT2D eigenvalue weighted by atomic mass is 32.2. The molecule has 0 amide bonds. The number of carbonyl (C=O) groups excluding carboxylic acids is 1. The van der Waals surface area contributed by atoms with E-state index in [-0.39, 0.29) is 23.5 Å². The SMILES string of the molecule is N#Cc1c(CC(=O)Cc2ccc(S(N)(=O)=O)cc2)sc2c1CCNC2. The van der Waals surface area contributed by atoms with Crippen molar-refractivity contribution in [3.63, 3.8) is 0 Å². The molecule has 0 bridgehead atoms. The maximum atomic E-state index is 12.4. The molecule has 8 heteroatoms. The van der Waals surface area contributed by atoms with Gasteiger partial charge in [0.25, 0.3) is 0 Å². The zero-order valence-electron chi connectivity index (χ0n) is 13.4. The maximum absolute atomic E-state index is 12.4. The van der Waals surface area contributed by atoms with Gasteiger partial charge in [-0.1, -0.05) is 12.1 Å². The molecule has 130 valence electrons. The van der Waals surface area contributed by atoms with E-state index in [0.717, 1.165) is 40.4 Å². The first-order chi connectivity index (χ1) is 11.9. The number of benzene rings is 1. The van der Waals surface area contributed by atoms with Gasteiger partial charge in [0.1, 0.15) is 11.9 Å². The van der Waals surface area contributed by atoms with Gasteiger partial charge in [-0.2, -0.15) is 5.26 Å². The first kappa shape index (κ1) is 17.8. The van der Waals surface area contributed by atoms with Gasteiger partial charge in [0.15, 0.2) is 0 Å². The minimum absolute atomic E-state index is 0.00795. The number of primary sulfonamides is 1. The van der Waals surface area contributed by atoms with Gasteiger partial charge < -0.3 is 5.32 Å². The molecule has 0 unspecified atom stereocenters. The Balaban J connectivity index is 1.73. The summed E-state index contributed by atoms with van der Waals surface area (Å²) >= 11 is 1.53. The Morgan fingerprint density at radius 3 is 2.64 bits per heavy atom. The molecular formula is C17H17N3O3S2. The molecule has 0 fully saturated rings. The van der Waals surface area contributed by atoms with Crippen LogP contribution in [0.5, 0.6) is 0 Å². The average Bonchev–Trinajstić information content (AvgIpc) is 2.91. The zero-order valence-corrected chi connectivity index (χ0v) is 15.0. The van der Waals surface area contributed by atoms with Crippen LogP contribution in [-0.2, 0) is 40.6 Å². The summed E-state index contributed by atoms with van der Waals surface area (Å²) in [6.45, 7) is 1.60. The summed E-state index contributed by atoms with van der Waals surface area (Å²) in [6.07, 6.45) is 1.23. The number of nitrogens with zero attached hydrogens (tertiary/aromatic N) is 1. The molecule has 1 aromatic carbocycles. The Morgan fingerprint density at radius 1 is 1.28 bits per heavy atom. The number of hydrogen-bond acceptors (Lipinski definition) is 6. The first-order valence-electron chi connectivity index (χ1n) is 7.76. The molecule has 1 aliphatic heterocycles. The third kappa shape index (κ3) is 3.96. The lowest BCUT2D eigenvalue weighted by molar-refractivity contribution is -0.117. The smallest absolute Gasteiger partial charge is 0.238 e. The number of thiophene rings is 1. The van der Waals surface area contributed by atoms with E-state index in [1.807, 2.05) is 0 Å². The van der Waals surface area contributed by atoms with Gasteiger partial charge in [-0.15, -0.1) is 11.3 Å². The summed E-state index contributed by atoms with van der Waals surface area (Å²) in [6, 6.07) is 8.22. The van der Waals surface area contributed by atoms with Crippen LogP contribution in [0.15, 0.2) is 29.2 Å². The Hall–Kier alpha value is -2.05. The molecular weight excluding hydrogens is 358 g/mol. The fourth-order valence-corrected chi connectivity index (χ4v) is 4.73. The summed E-state index contributed by atoms with van der Waals surface area (Å²) in [4.78, 5) is 14.4. The molecule has 0 saturated heterocycles. The van der Waals surface area contributed by atoms with Crippen molar-refractivity contribution in [2.45, 2.75) is 30.7 Å². The third-order valence-electron chi connectivity index (χ3n) is 4.12. The quantitative estimate of drug-likeness (QED) is 0.817. The highest BCUT2D eigenvalue weighted by Crippen LogP contribution is 2.31. The van der Waals surface area contributed by atoms with Gasteiger partial charge in [0.2, 0.25) is 10.0 Å². The Labute approximate surface area is 150 Å². The molecule has 0 spiro atoms. The van der Waals surface area contributed by atoms with Crippen LogP contribution < -0.4 is 10.5 Å². The minimum Gasteiger partial charge on any atom is -0.312 e. The second-order valence-electron chi connectivity index (χ2n) is 5.92. The lowest BCUT2D eigenvalue weighted by atomic mass is 10.0. The molecule has 0 atom stereocenters. The molecule has 6 nitrogen and oxygen atoms in total. The number of sulfonamides is 1. The Kier molecular flexibility index (Phi) is 5.01. The lowest BCUT2D eigenvalue weighted by Gasteiger charge is -2.11. The van der Waals surface area contributed by atoms with Crippen LogP contribution in [0.25, 0.3) is 0 Å². The van der Waals surface area contributed by atoms with E-state index < -0.39 is 10.0 Å². The molecule has 3 rings (SSSR count). The summed E-state index contributed by atoms with van der Waals surface area (Å²) in [5.74, 6) is -0.00795. The molecule has 25 heavy (non-hydrogen) atoms. The summed E-state index contributed by atoms with van der Waals surface area (Å²) in [5.41, 5.74) is 2.45. The number of fused-ring (bicyclic) bond motifs is 1. The van der Waals surface area contributed by atoms with Crippen molar-refractivity contribution in [2.24, 2.45) is 5.14 Å². The standard InChI is InChI=1S/C17H17N3O3S2/c18-9-15-14-5-6-20-10-17(14)24-16(15)8-12(21)7-11-1-3-13(4-2-11)25(19,22)23/h1-4,20H,5-8,10H2,(H2,19,22,23). The minimum atomic E-state index is -3.73. The van der Waals surface area contributed by atoms with Crippen LogP contribution in [0.2, 0.25) is 0 Å². The van der Waals surface area contributed by atoms with E-state index in [1.165, 1.54) is 23.5 Å². The number of ketones is 1. The molecule has 2 aromatic rings. The number of nitrogens with one attached hydrogen (secondary N) is 1. The predicted octanol–water partition coefficient (Wildman–Crippen LogP) is 1.27. The maximum Gasteiger partial charge on any atom is 0.238 e. The molecule has 2 heterocycles. The van der Waals surface area contributed by atoms with Gasteiger partial charge in [-0.05, 0) is 36.2 Å². The third-order valence-corrected chi connectivity index (χ3v) is 6.28. The van der Waals surface area contributed by atoms with Gasteiger partial charge in [-0.3, -0.25) is 4.79 Å². The zero-order chi connectivity index (χ0) is 18.0. The van der Waals surface area contributed by atoms with Crippen LogP contribution in [0, 0.1) is 11.3 Å². The summed E-state index contributed by atoms with van der Waals surface area (Å²) < 4.78 is 22.5. The van der Waals surface area contributed by atoms with E-state index >= 15 is 0 Å². The second-order valence-corrected chi connectivity index (χ2v) is 8.67. The van der Waals surface area contributed by atoms with Crippen molar-refractivity contribution < 1.29 is 13.2 Å². The van der Waals surface area contributed by atoms with Crippen molar-refractivity contribution in [1.29, 1.82) is 5.26 Å². The monoisotopic (exact) mass is 375 g/mol. The Morgan fingerprint density at radius 2 is 2.00 bits per heavy atom. The van der Waals surface area contributed by atoms with E-state index in [4.69, 9.17) is 5.14 Å². The average molecular weight is 375 g/mol. The molecule has 0 radical (unpaired) electrons. The number of rotatable bonds is 5. The predicted molar refractivity (Wildman–Crippen MR) is 94.7 cm³/mol. The van der Waals surface area contributed by atoms with E-state index in [9.17, 15) is 18.5 Å². The molecule has 1 aromatic heterocycles. The van der Waals surface area contributed by atoms with Gasteiger partial charge in [-0.25, -0.2) is 13.6 Å². The first-order valence-corrected chi connectivity index (χ1v) is 10.1. The van der Waals surface area contributed by atoms with Crippen molar-refractivity contribution in [3.8, 4) is 6.07 Å². The molecule has 0 aliphatic carbocycles. The van der Waals surface area contributed by atoms with Crippen LogP contribution in [0.3, 0.4) is 0 Å². The second kappa shape index (κ2) is 7.06. The van der Waals surface area contributed by atoms with Gasteiger partial charge in [0.05, 0.1) is 10.5 Å². The molecule has 0 saturated carbocycles. The van der Waals surface area contributed by atoms with Crippen LogP contribution >= 0.6 is 11.3 Å². The highest BCUT2D eigenvalue weighted by molar-refractivity contribution is 7.89. The fraction of sp³-hybridized carbons (Fsp3) is 0.294. The van der Waals surface area contributed by atoms with Gasteiger partial charge in [0, 0.05) is 29.1 Å². The van der Waals surface area contributed by atoms with Crippen molar-refractivity contribution in [1.82, 2.24) is 5.32 Å². The van der Waals surface area contributed by atoms with Crippen molar-refractivity contribution in [2.75, 3.05) is 6.54 Å². The molecule has 1 aliphatic rings. The van der Waals surface area contributed by atoms with Gasteiger partial charge >= 0.3 is 0 Å². The van der Waals surface area contributed by atoms with Crippen molar-refractivity contribution in [3.05, 3.63) is 50.7 Å². The summed E-state index contributed by atoms with van der Waals surface area (Å²) in [7, 11) is -3.73. The largest absolute Gasteiger partial charge is 0.312 e. The molecule has 3 N–H and O–H groups in total. The topological polar surface area (TPSA) is 113 Å². The Bertz CT molecular complexity index is 954. The van der Waals surface area contributed by atoms with Crippen LogP contribution in [0.4, 0.5) is 0 Å². The van der Waals surface area contributed by atoms with E-state index in [1.54, 1.807) is 12.1 Å². The number of nitrogens with two attached hydrogens (primary N) is 1. The van der Waals surface area contributed by atoms with Crippen LogP contribution in [0.1, 0.15) is 26.4 Å². The number of Topliss-reactive ketones (excluding diaryl/α,β-unsaturated/α-hetero) is 1. The highest BCUT2D eigenvalue weighted by Gasteiger charge is 2.21. The number of carbonyl (C=O) groups is 1. The van der Waals surface area contributed by atoms with Crippen LogP contribution in [-0.4, -0.2) is 20.7 Å².